The normalized spacial score (nSPS) is 12.8. The Morgan fingerprint density at radius 2 is 0.773 bits per heavy atom. The highest BCUT2D eigenvalue weighted by Crippen LogP contribution is 2.17. The second-order valence-electron chi connectivity index (χ2n) is 20.0. The van der Waals surface area contributed by atoms with Crippen LogP contribution in [0.2, 0.25) is 0 Å². The maximum Gasteiger partial charge on any atom is 0.305 e. The van der Waals surface area contributed by atoms with Gasteiger partial charge >= 0.3 is 5.97 Å². The minimum absolute atomic E-state index is 0.00646. The number of aliphatic hydroxyl groups excluding tert-OH is 2. The summed E-state index contributed by atoms with van der Waals surface area (Å²) >= 11 is 0. The average Bonchev–Trinajstić information content (AvgIpc) is 3.32. The van der Waals surface area contributed by atoms with E-state index in [1.54, 1.807) is 6.08 Å². The molecule has 388 valence electrons. The first kappa shape index (κ1) is 64.1. The van der Waals surface area contributed by atoms with Crippen LogP contribution < -0.4 is 5.32 Å². The molecule has 0 bridgehead atoms. The fraction of sp³-hybridized carbons (Fsp3) is 0.867. The van der Waals surface area contributed by atoms with Crippen LogP contribution in [0, 0.1) is 0 Å². The van der Waals surface area contributed by atoms with Gasteiger partial charge in [0.15, 0.2) is 0 Å². The standard InChI is InChI=1S/C60H113NO5/c1-3-5-7-9-11-13-15-17-19-25-28-32-36-40-44-48-52-58(63)57(56-62)61-59(64)53-49-45-41-37-33-29-26-23-21-20-22-24-27-31-35-39-43-47-51-55-66-60(65)54-50-46-42-38-34-30-18-16-14-12-10-8-6-4-2/h10,12,16,18,48,52,57-58,62-63H,3-9,11,13-15,17,19-47,49-51,53-56H2,1-2H3,(H,61,64)/b12-10-,18-16-,52-48+. The van der Waals surface area contributed by atoms with Gasteiger partial charge < -0.3 is 20.3 Å². The largest absolute Gasteiger partial charge is 0.466 e. The van der Waals surface area contributed by atoms with Gasteiger partial charge in [-0.3, -0.25) is 9.59 Å². The second-order valence-corrected chi connectivity index (χ2v) is 20.0. The zero-order chi connectivity index (χ0) is 47.9. The number of carbonyl (C=O) groups is 2. The van der Waals surface area contributed by atoms with E-state index in [1.165, 1.54) is 231 Å². The highest BCUT2D eigenvalue weighted by Gasteiger charge is 2.18. The summed E-state index contributed by atoms with van der Waals surface area (Å²) in [5, 5.41) is 23.1. The van der Waals surface area contributed by atoms with Crippen molar-refractivity contribution in [2.75, 3.05) is 13.2 Å². The first-order chi connectivity index (χ1) is 32.5. The van der Waals surface area contributed by atoms with Gasteiger partial charge in [-0.15, -0.1) is 0 Å². The molecule has 66 heavy (non-hydrogen) atoms. The summed E-state index contributed by atoms with van der Waals surface area (Å²) in [7, 11) is 0. The van der Waals surface area contributed by atoms with E-state index >= 15 is 0 Å². The van der Waals surface area contributed by atoms with Gasteiger partial charge in [0.25, 0.3) is 0 Å². The Bertz CT molecular complexity index is 1070. The van der Waals surface area contributed by atoms with Crippen LogP contribution in [0.4, 0.5) is 0 Å². The molecule has 0 heterocycles. The topological polar surface area (TPSA) is 95.9 Å². The van der Waals surface area contributed by atoms with Crippen molar-refractivity contribution in [1.29, 1.82) is 0 Å². The Kier molecular flexibility index (Phi) is 54.1. The monoisotopic (exact) mass is 928 g/mol. The molecular formula is C60H113NO5. The van der Waals surface area contributed by atoms with Gasteiger partial charge in [0.1, 0.15) is 0 Å². The van der Waals surface area contributed by atoms with E-state index in [9.17, 15) is 19.8 Å². The molecule has 0 aromatic carbocycles. The summed E-state index contributed by atoms with van der Waals surface area (Å²) in [6.45, 7) is 4.86. The number of hydrogen-bond acceptors (Lipinski definition) is 5. The Labute approximate surface area is 411 Å². The number of rotatable bonds is 54. The average molecular weight is 929 g/mol. The van der Waals surface area contributed by atoms with Crippen molar-refractivity contribution >= 4 is 11.9 Å². The van der Waals surface area contributed by atoms with Gasteiger partial charge in [0.2, 0.25) is 5.91 Å². The smallest absolute Gasteiger partial charge is 0.305 e. The fourth-order valence-corrected chi connectivity index (χ4v) is 8.89. The van der Waals surface area contributed by atoms with E-state index in [1.807, 2.05) is 6.08 Å². The molecule has 0 spiro atoms. The van der Waals surface area contributed by atoms with Crippen LogP contribution in [0.15, 0.2) is 36.5 Å². The van der Waals surface area contributed by atoms with Crippen LogP contribution in [-0.4, -0.2) is 47.4 Å². The van der Waals surface area contributed by atoms with Crippen molar-refractivity contribution in [2.24, 2.45) is 0 Å². The van der Waals surface area contributed by atoms with Gasteiger partial charge in [0.05, 0.1) is 25.4 Å². The van der Waals surface area contributed by atoms with E-state index in [4.69, 9.17) is 4.74 Å². The van der Waals surface area contributed by atoms with Crippen molar-refractivity contribution in [2.45, 2.75) is 321 Å². The van der Waals surface area contributed by atoms with Crippen molar-refractivity contribution in [3.8, 4) is 0 Å². The van der Waals surface area contributed by atoms with E-state index in [0.717, 1.165) is 51.4 Å². The predicted molar refractivity (Wildman–Crippen MR) is 287 cm³/mol. The van der Waals surface area contributed by atoms with Crippen LogP contribution in [0.1, 0.15) is 309 Å². The molecule has 2 atom stereocenters. The number of ether oxygens (including phenoxy) is 1. The third kappa shape index (κ3) is 51.5. The van der Waals surface area contributed by atoms with Gasteiger partial charge in [-0.2, -0.15) is 0 Å². The third-order valence-corrected chi connectivity index (χ3v) is 13.4. The van der Waals surface area contributed by atoms with Gasteiger partial charge in [-0.05, 0) is 57.8 Å². The quantitative estimate of drug-likeness (QED) is 0.0321. The second kappa shape index (κ2) is 55.7. The zero-order valence-electron chi connectivity index (χ0n) is 44.2. The minimum atomic E-state index is -0.847. The van der Waals surface area contributed by atoms with E-state index in [2.05, 4.69) is 43.5 Å². The Hall–Kier alpha value is -1.92. The van der Waals surface area contributed by atoms with Gasteiger partial charge in [-0.1, -0.05) is 275 Å². The minimum Gasteiger partial charge on any atom is -0.466 e. The molecule has 0 aromatic rings. The molecule has 0 fully saturated rings. The number of amides is 1. The molecule has 0 aliphatic rings. The number of esters is 1. The van der Waals surface area contributed by atoms with Crippen LogP contribution in [0.3, 0.4) is 0 Å². The molecule has 0 aliphatic heterocycles. The number of aliphatic hydroxyl groups is 2. The Balaban J connectivity index is 3.44. The summed E-state index contributed by atoms with van der Waals surface area (Å²) in [6, 6.07) is -0.630. The van der Waals surface area contributed by atoms with E-state index in [0.29, 0.717) is 19.4 Å². The lowest BCUT2D eigenvalue weighted by molar-refractivity contribution is -0.143. The van der Waals surface area contributed by atoms with Crippen LogP contribution >= 0.6 is 0 Å². The summed E-state index contributed by atoms with van der Waals surface area (Å²) in [4.78, 5) is 24.5. The predicted octanol–water partition coefficient (Wildman–Crippen LogP) is 18.0. The summed E-state index contributed by atoms with van der Waals surface area (Å²) in [6.07, 6.45) is 68.8. The fourth-order valence-electron chi connectivity index (χ4n) is 8.89. The lowest BCUT2D eigenvalue weighted by Gasteiger charge is -2.20. The molecule has 0 aromatic heterocycles. The summed E-state index contributed by atoms with van der Waals surface area (Å²) in [5.74, 6) is -0.0766. The molecule has 3 N–H and O–H groups in total. The highest BCUT2D eigenvalue weighted by molar-refractivity contribution is 5.76. The number of unbranched alkanes of at least 4 members (excludes halogenated alkanes) is 39. The molecule has 0 rings (SSSR count). The number of carbonyl (C=O) groups excluding carboxylic acids is 2. The number of allylic oxidation sites excluding steroid dienone is 5. The molecule has 0 saturated heterocycles. The summed E-state index contributed by atoms with van der Waals surface area (Å²) in [5.41, 5.74) is 0. The molecule has 0 aliphatic carbocycles. The summed E-state index contributed by atoms with van der Waals surface area (Å²) < 4.78 is 5.47. The van der Waals surface area contributed by atoms with Crippen LogP contribution in [0.5, 0.6) is 0 Å². The maximum atomic E-state index is 12.5. The van der Waals surface area contributed by atoms with Crippen LogP contribution in [0.25, 0.3) is 0 Å². The van der Waals surface area contributed by atoms with Crippen molar-refractivity contribution < 1.29 is 24.5 Å². The van der Waals surface area contributed by atoms with Crippen molar-refractivity contribution in [3.63, 3.8) is 0 Å². The zero-order valence-corrected chi connectivity index (χ0v) is 44.2. The molecule has 0 radical (unpaired) electrons. The van der Waals surface area contributed by atoms with Crippen molar-refractivity contribution in [3.05, 3.63) is 36.5 Å². The number of hydrogen-bond donors (Lipinski definition) is 3. The third-order valence-electron chi connectivity index (χ3n) is 13.4. The first-order valence-corrected chi connectivity index (χ1v) is 29.3. The number of nitrogens with one attached hydrogen (secondary N) is 1. The highest BCUT2D eigenvalue weighted by atomic mass is 16.5. The molecule has 0 saturated carbocycles. The van der Waals surface area contributed by atoms with E-state index in [-0.39, 0.29) is 18.5 Å². The molecule has 6 heteroatoms. The molecule has 2 unspecified atom stereocenters. The SMILES string of the molecule is CCCC/C=C\C/C=C\CCCCCCCC(=O)OCCCCCCCCCCCCCCCCCCCCCC(=O)NC(CO)C(O)/C=C/CCCCCCCCCCCCCCCC. The van der Waals surface area contributed by atoms with Crippen molar-refractivity contribution in [1.82, 2.24) is 5.32 Å². The van der Waals surface area contributed by atoms with Gasteiger partial charge in [-0.25, -0.2) is 0 Å². The molecular weight excluding hydrogens is 815 g/mol. The first-order valence-electron chi connectivity index (χ1n) is 29.3. The Morgan fingerprint density at radius 3 is 1.20 bits per heavy atom. The Morgan fingerprint density at radius 1 is 0.424 bits per heavy atom. The molecule has 1 amide bonds. The van der Waals surface area contributed by atoms with Gasteiger partial charge in [0, 0.05) is 12.8 Å². The van der Waals surface area contributed by atoms with Crippen LogP contribution in [-0.2, 0) is 14.3 Å². The maximum absolute atomic E-state index is 12.5. The van der Waals surface area contributed by atoms with E-state index < -0.39 is 12.1 Å². The lowest BCUT2D eigenvalue weighted by atomic mass is 10.0. The molecule has 6 nitrogen and oxygen atoms in total. The lowest BCUT2D eigenvalue weighted by Crippen LogP contribution is -2.45.